The largest absolute Gasteiger partial charge is 0.489 e. The summed E-state index contributed by atoms with van der Waals surface area (Å²) in [6.07, 6.45) is -2.66. The Kier molecular flexibility index (Phi) is 6.72. The van der Waals surface area contributed by atoms with Gasteiger partial charge in [0.25, 0.3) is 0 Å². The van der Waals surface area contributed by atoms with Gasteiger partial charge in [-0.25, -0.2) is 0 Å². The third-order valence-electron chi connectivity index (χ3n) is 4.49. The van der Waals surface area contributed by atoms with E-state index in [-0.39, 0.29) is 5.97 Å². The summed E-state index contributed by atoms with van der Waals surface area (Å²) in [5.74, 6) is 0.424. The van der Waals surface area contributed by atoms with Gasteiger partial charge in [0, 0.05) is 18.2 Å². The predicted molar refractivity (Wildman–Crippen MR) is 106 cm³/mol. The van der Waals surface area contributed by atoms with Crippen molar-refractivity contribution >= 4 is 5.97 Å². The first-order valence-electron chi connectivity index (χ1n) is 9.26. The zero-order valence-corrected chi connectivity index (χ0v) is 16.3. The number of ether oxygens (including phenoxy) is 2. The van der Waals surface area contributed by atoms with Gasteiger partial charge in [0.2, 0.25) is 0 Å². The maximum absolute atomic E-state index is 12.7. The third-order valence-corrected chi connectivity index (χ3v) is 4.49. The van der Waals surface area contributed by atoms with Crippen molar-refractivity contribution in [3.05, 3.63) is 83.6 Å². The lowest BCUT2D eigenvalue weighted by atomic mass is 10.1. The van der Waals surface area contributed by atoms with E-state index in [0.29, 0.717) is 36.5 Å². The van der Waals surface area contributed by atoms with Crippen molar-refractivity contribution in [1.82, 2.24) is 4.98 Å². The molecular formula is C23H20F3NO3. The maximum Gasteiger partial charge on any atom is 0.417 e. The molecule has 0 fully saturated rings. The number of aryl methyl sites for hydroxylation is 1. The number of esters is 1. The molecule has 0 saturated carbocycles. The summed E-state index contributed by atoms with van der Waals surface area (Å²) in [4.78, 5) is 15.1. The molecule has 1 heterocycles. The van der Waals surface area contributed by atoms with Gasteiger partial charge in [-0.15, -0.1) is 0 Å². The number of hydrogen-bond acceptors (Lipinski definition) is 4. The van der Waals surface area contributed by atoms with E-state index in [0.717, 1.165) is 23.4 Å². The van der Waals surface area contributed by atoms with Gasteiger partial charge in [0.15, 0.2) is 0 Å². The van der Waals surface area contributed by atoms with Crippen LogP contribution in [0, 0.1) is 0 Å². The Morgan fingerprint density at radius 2 is 1.77 bits per heavy atom. The van der Waals surface area contributed by atoms with Crippen molar-refractivity contribution in [2.24, 2.45) is 0 Å². The van der Waals surface area contributed by atoms with Crippen molar-refractivity contribution in [1.29, 1.82) is 0 Å². The number of nitrogens with zero attached hydrogens (tertiary/aromatic N) is 1. The lowest BCUT2D eigenvalue weighted by Crippen LogP contribution is -2.05. The summed E-state index contributed by atoms with van der Waals surface area (Å²) in [6.45, 7) is 0.302. The topological polar surface area (TPSA) is 48.4 Å². The third kappa shape index (κ3) is 5.83. The van der Waals surface area contributed by atoms with Gasteiger partial charge in [-0.2, -0.15) is 13.2 Å². The zero-order chi connectivity index (χ0) is 21.6. The van der Waals surface area contributed by atoms with Crippen LogP contribution in [0.5, 0.6) is 5.75 Å². The molecule has 3 aromatic rings. The number of alkyl halides is 3. The van der Waals surface area contributed by atoms with Crippen LogP contribution < -0.4 is 4.74 Å². The molecule has 2 aromatic carbocycles. The second-order valence-corrected chi connectivity index (χ2v) is 6.64. The minimum absolute atomic E-state index is 0.252. The highest BCUT2D eigenvalue weighted by Crippen LogP contribution is 2.30. The summed E-state index contributed by atoms with van der Waals surface area (Å²) in [5, 5.41) is 0. The molecule has 7 heteroatoms. The van der Waals surface area contributed by atoms with Gasteiger partial charge in [0.05, 0.1) is 18.4 Å². The number of benzene rings is 2. The normalized spacial score (nSPS) is 11.2. The van der Waals surface area contributed by atoms with E-state index >= 15 is 0 Å². The van der Waals surface area contributed by atoms with E-state index < -0.39 is 11.7 Å². The average molecular weight is 415 g/mol. The molecule has 3 rings (SSSR count). The SMILES string of the molecule is COC(=O)CCc1ccc(OCc2cccc(-c3ccc(C(F)(F)F)cn3)c2)cc1. The standard InChI is InChI=1S/C23H20F3NO3/c1-29-22(28)12-7-16-5-9-20(10-6-16)30-15-17-3-2-4-18(13-17)21-11-8-19(14-27-21)23(24,25)26/h2-6,8-11,13-14H,7,12,15H2,1H3. The average Bonchev–Trinajstić information content (AvgIpc) is 2.76. The molecule has 0 unspecified atom stereocenters. The number of hydrogen-bond donors (Lipinski definition) is 0. The lowest BCUT2D eigenvalue weighted by molar-refractivity contribution is -0.140. The predicted octanol–water partition coefficient (Wildman–Crippen LogP) is 5.45. The Bertz CT molecular complexity index is 984. The molecule has 0 aliphatic rings. The van der Waals surface area contributed by atoms with Crippen molar-refractivity contribution in [3.8, 4) is 17.0 Å². The molecule has 0 spiro atoms. The van der Waals surface area contributed by atoms with Crippen LogP contribution in [-0.2, 0) is 28.7 Å². The molecule has 0 N–H and O–H groups in total. The van der Waals surface area contributed by atoms with Crippen LogP contribution in [-0.4, -0.2) is 18.1 Å². The molecule has 0 atom stereocenters. The van der Waals surface area contributed by atoms with Crippen molar-refractivity contribution in [2.75, 3.05) is 7.11 Å². The van der Waals surface area contributed by atoms with Gasteiger partial charge >= 0.3 is 12.1 Å². The Morgan fingerprint density at radius 3 is 2.40 bits per heavy atom. The van der Waals surface area contributed by atoms with Crippen LogP contribution in [0.1, 0.15) is 23.1 Å². The first-order valence-corrected chi connectivity index (χ1v) is 9.26. The molecule has 0 saturated heterocycles. The summed E-state index contributed by atoms with van der Waals surface area (Å²) in [7, 11) is 1.36. The highest BCUT2D eigenvalue weighted by atomic mass is 19.4. The van der Waals surface area contributed by atoms with Crippen LogP contribution in [0.4, 0.5) is 13.2 Å². The van der Waals surface area contributed by atoms with Crippen LogP contribution in [0.15, 0.2) is 66.9 Å². The fraction of sp³-hybridized carbons (Fsp3) is 0.217. The molecular weight excluding hydrogens is 395 g/mol. The fourth-order valence-corrected chi connectivity index (χ4v) is 2.82. The van der Waals surface area contributed by atoms with Gasteiger partial charge in [-0.3, -0.25) is 9.78 Å². The number of pyridine rings is 1. The minimum atomic E-state index is -4.41. The Hall–Kier alpha value is -3.35. The summed E-state index contributed by atoms with van der Waals surface area (Å²) in [6, 6.07) is 17.1. The number of carbonyl (C=O) groups is 1. The van der Waals surface area contributed by atoms with Gasteiger partial charge in [0.1, 0.15) is 12.4 Å². The van der Waals surface area contributed by atoms with E-state index in [1.54, 1.807) is 6.07 Å². The number of methoxy groups -OCH3 is 1. The zero-order valence-electron chi connectivity index (χ0n) is 16.3. The number of rotatable bonds is 7. The van der Waals surface area contributed by atoms with Crippen LogP contribution in [0.25, 0.3) is 11.3 Å². The van der Waals surface area contributed by atoms with Crippen LogP contribution in [0.3, 0.4) is 0 Å². The highest BCUT2D eigenvalue weighted by molar-refractivity contribution is 5.69. The highest BCUT2D eigenvalue weighted by Gasteiger charge is 2.30. The molecule has 0 bridgehead atoms. The van der Waals surface area contributed by atoms with E-state index in [1.807, 2.05) is 42.5 Å². The molecule has 156 valence electrons. The minimum Gasteiger partial charge on any atom is -0.489 e. The molecule has 4 nitrogen and oxygen atoms in total. The van der Waals surface area contributed by atoms with Crippen molar-refractivity contribution in [3.63, 3.8) is 0 Å². The molecule has 0 amide bonds. The number of halogens is 3. The number of aromatic nitrogens is 1. The molecule has 1 aromatic heterocycles. The van der Waals surface area contributed by atoms with Crippen molar-refractivity contribution < 1.29 is 27.4 Å². The van der Waals surface area contributed by atoms with Gasteiger partial charge < -0.3 is 9.47 Å². The van der Waals surface area contributed by atoms with Crippen molar-refractivity contribution in [2.45, 2.75) is 25.6 Å². The monoisotopic (exact) mass is 415 g/mol. The Morgan fingerprint density at radius 1 is 1.00 bits per heavy atom. The molecule has 0 aliphatic heterocycles. The smallest absolute Gasteiger partial charge is 0.417 e. The second kappa shape index (κ2) is 9.43. The van der Waals surface area contributed by atoms with E-state index in [2.05, 4.69) is 9.72 Å². The lowest BCUT2D eigenvalue weighted by Gasteiger charge is -2.10. The Balaban J connectivity index is 1.61. The van der Waals surface area contributed by atoms with E-state index in [4.69, 9.17) is 4.74 Å². The first-order chi connectivity index (χ1) is 14.3. The molecule has 0 radical (unpaired) electrons. The van der Waals surface area contributed by atoms with Crippen LogP contribution in [0.2, 0.25) is 0 Å². The maximum atomic E-state index is 12.7. The second-order valence-electron chi connectivity index (χ2n) is 6.64. The first kappa shape index (κ1) is 21.4. The summed E-state index contributed by atoms with van der Waals surface area (Å²) >= 11 is 0. The van der Waals surface area contributed by atoms with Crippen LogP contribution >= 0.6 is 0 Å². The van der Waals surface area contributed by atoms with Gasteiger partial charge in [-0.05, 0) is 47.9 Å². The summed E-state index contributed by atoms with van der Waals surface area (Å²) < 4.78 is 48.5. The van der Waals surface area contributed by atoms with E-state index in [9.17, 15) is 18.0 Å². The molecule has 0 aliphatic carbocycles. The van der Waals surface area contributed by atoms with E-state index in [1.165, 1.54) is 13.2 Å². The molecule has 30 heavy (non-hydrogen) atoms. The summed E-state index contributed by atoms with van der Waals surface area (Å²) in [5.41, 5.74) is 2.26. The Labute approximate surface area is 172 Å². The number of carbonyl (C=O) groups excluding carboxylic acids is 1. The van der Waals surface area contributed by atoms with Gasteiger partial charge in [-0.1, -0.05) is 30.3 Å². The quantitative estimate of drug-likeness (QED) is 0.482. The fourth-order valence-electron chi connectivity index (χ4n) is 2.82.